The molecule has 0 saturated heterocycles. The molecule has 1 aliphatic carbocycles. The van der Waals surface area contributed by atoms with Gasteiger partial charge in [-0.1, -0.05) is 62.3 Å². The maximum Gasteiger partial charge on any atom is 0.0651 e. The summed E-state index contributed by atoms with van der Waals surface area (Å²) in [5.41, 5.74) is 0. The Kier molecular flexibility index (Phi) is 7.11. The highest BCUT2D eigenvalue weighted by Crippen LogP contribution is 2.35. The molecule has 3 atom stereocenters. The summed E-state index contributed by atoms with van der Waals surface area (Å²) in [6.45, 7) is 2.23. The summed E-state index contributed by atoms with van der Waals surface area (Å²) in [6.07, 6.45) is 14.4. The molecule has 0 aliphatic heterocycles. The van der Waals surface area contributed by atoms with Crippen LogP contribution in [0.3, 0.4) is 0 Å². The van der Waals surface area contributed by atoms with Gasteiger partial charge >= 0.3 is 0 Å². The van der Waals surface area contributed by atoms with E-state index in [4.69, 9.17) is 0 Å². The highest BCUT2D eigenvalue weighted by atomic mass is 32.2. The first kappa shape index (κ1) is 16.4. The van der Waals surface area contributed by atoms with Crippen LogP contribution in [0.5, 0.6) is 0 Å². The lowest BCUT2D eigenvalue weighted by molar-refractivity contribution is 0.146. The Hall–Kier alpha value is -0.990. The Morgan fingerprint density at radius 3 is 2.76 bits per heavy atom. The highest BCUT2D eigenvalue weighted by Gasteiger charge is 2.27. The first-order chi connectivity index (χ1) is 10.3. The first-order valence-corrected chi connectivity index (χ1v) is 8.92. The second-order valence-electron chi connectivity index (χ2n) is 5.63. The molecule has 0 saturated carbocycles. The molecular weight excluding hydrogens is 276 g/mol. The van der Waals surface area contributed by atoms with Crippen LogP contribution < -0.4 is 0 Å². The first-order valence-electron chi connectivity index (χ1n) is 8.04. The van der Waals surface area contributed by atoms with E-state index in [0.717, 1.165) is 12.8 Å². The minimum absolute atomic E-state index is 0.230. The largest absolute Gasteiger partial charge is 0.392 e. The molecule has 0 amide bonds. The molecule has 1 nitrogen and oxygen atoms in total. The van der Waals surface area contributed by atoms with Gasteiger partial charge < -0.3 is 5.11 Å². The molecule has 21 heavy (non-hydrogen) atoms. The Balaban J connectivity index is 1.98. The fourth-order valence-electron chi connectivity index (χ4n) is 2.63. The summed E-state index contributed by atoms with van der Waals surface area (Å²) in [5, 5.41) is 10.5. The van der Waals surface area contributed by atoms with Crippen molar-refractivity contribution in [2.45, 2.75) is 55.3 Å². The minimum atomic E-state index is -0.230. The van der Waals surface area contributed by atoms with Crippen LogP contribution in [-0.2, 0) is 0 Å². The van der Waals surface area contributed by atoms with Gasteiger partial charge in [0.15, 0.2) is 0 Å². The molecule has 0 radical (unpaired) electrons. The smallest absolute Gasteiger partial charge is 0.0651 e. The zero-order chi connectivity index (χ0) is 14.9. The fourth-order valence-corrected chi connectivity index (χ4v) is 3.88. The molecule has 1 N–H and O–H groups in total. The van der Waals surface area contributed by atoms with Gasteiger partial charge in [0.2, 0.25) is 0 Å². The summed E-state index contributed by atoms with van der Waals surface area (Å²) in [7, 11) is 0. The second-order valence-corrected chi connectivity index (χ2v) is 6.88. The summed E-state index contributed by atoms with van der Waals surface area (Å²) >= 11 is 1.86. The number of benzene rings is 1. The van der Waals surface area contributed by atoms with E-state index < -0.39 is 0 Å². The predicted molar refractivity (Wildman–Crippen MR) is 92.6 cm³/mol. The van der Waals surface area contributed by atoms with Crippen molar-refractivity contribution in [2.24, 2.45) is 5.92 Å². The molecule has 1 unspecified atom stereocenters. The maximum absolute atomic E-state index is 10.2. The summed E-state index contributed by atoms with van der Waals surface area (Å²) in [6, 6.07) is 10.5. The number of unbranched alkanes of at least 4 members (excludes halogenated alkanes) is 3. The molecule has 0 aromatic heterocycles. The molecule has 1 aliphatic rings. The van der Waals surface area contributed by atoms with Gasteiger partial charge in [-0.2, -0.15) is 0 Å². The SMILES string of the molecule is CCCCC/C=C/C(Sc1ccccc1)[C@@H]1C=CC[C@H]1O. The van der Waals surface area contributed by atoms with E-state index in [1.165, 1.54) is 24.2 Å². The van der Waals surface area contributed by atoms with Gasteiger partial charge in [-0.25, -0.2) is 0 Å². The number of thioether (sulfide) groups is 1. The van der Waals surface area contributed by atoms with E-state index >= 15 is 0 Å². The summed E-state index contributed by atoms with van der Waals surface area (Å²) < 4.78 is 0. The topological polar surface area (TPSA) is 20.2 Å². The van der Waals surface area contributed by atoms with Crippen molar-refractivity contribution in [1.82, 2.24) is 0 Å². The van der Waals surface area contributed by atoms with E-state index in [1.807, 2.05) is 17.8 Å². The molecule has 1 aromatic carbocycles. The number of aliphatic hydroxyl groups is 1. The van der Waals surface area contributed by atoms with Crippen LogP contribution in [0.2, 0.25) is 0 Å². The van der Waals surface area contributed by atoms with E-state index in [0.29, 0.717) is 5.25 Å². The molecule has 114 valence electrons. The summed E-state index contributed by atoms with van der Waals surface area (Å²) in [4.78, 5) is 1.27. The standard InChI is InChI=1S/C19H26OS/c1-2-3-4-5-9-15-19(17-13-10-14-18(17)20)21-16-11-7-6-8-12-16/h6-13,15,17-20H,2-5,14H2,1H3/b15-9+/t17-,18-,19?/m1/s1. The molecule has 0 fully saturated rings. The van der Waals surface area contributed by atoms with Crippen molar-refractivity contribution >= 4 is 11.8 Å². The molecule has 2 rings (SSSR count). The van der Waals surface area contributed by atoms with Gasteiger partial charge in [0, 0.05) is 16.1 Å². The van der Waals surface area contributed by atoms with Crippen LogP contribution in [0.1, 0.15) is 39.0 Å². The van der Waals surface area contributed by atoms with Gasteiger partial charge in [-0.15, -0.1) is 11.8 Å². The molecular formula is C19H26OS. The maximum atomic E-state index is 10.2. The number of rotatable bonds is 8. The van der Waals surface area contributed by atoms with E-state index in [9.17, 15) is 5.11 Å². The molecule has 0 bridgehead atoms. The summed E-state index contributed by atoms with van der Waals surface area (Å²) in [5.74, 6) is 0.234. The second kappa shape index (κ2) is 9.11. The minimum Gasteiger partial charge on any atom is -0.392 e. The lowest BCUT2D eigenvalue weighted by Crippen LogP contribution is -2.23. The van der Waals surface area contributed by atoms with Gasteiger partial charge in [0.05, 0.1) is 6.10 Å². The van der Waals surface area contributed by atoms with Crippen molar-refractivity contribution in [1.29, 1.82) is 0 Å². The average Bonchev–Trinajstić information content (AvgIpc) is 2.93. The van der Waals surface area contributed by atoms with Crippen molar-refractivity contribution < 1.29 is 5.11 Å². The third-order valence-corrected chi connectivity index (χ3v) is 5.16. The predicted octanol–water partition coefficient (Wildman–Crippen LogP) is 5.22. The van der Waals surface area contributed by atoms with Gasteiger partial charge in [0.1, 0.15) is 0 Å². The van der Waals surface area contributed by atoms with Crippen LogP contribution in [-0.4, -0.2) is 16.5 Å². The van der Waals surface area contributed by atoms with Crippen LogP contribution in [0, 0.1) is 5.92 Å². The highest BCUT2D eigenvalue weighted by molar-refractivity contribution is 8.00. The van der Waals surface area contributed by atoms with Crippen molar-refractivity contribution in [3.05, 3.63) is 54.6 Å². The Morgan fingerprint density at radius 1 is 1.29 bits per heavy atom. The van der Waals surface area contributed by atoms with E-state index in [1.54, 1.807) is 0 Å². The monoisotopic (exact) mass is 302 g/mol. The zero-order valence-corrected chi connectivity index (χ0v) is 13.6. The molecule has 2 heteroatoms. The van der Waals surface area contributed by atoms with Gasteiger partial charge in [-0.3, -0.25) is 0 Å². The van der Waals surface area contributed by atoms with E-state index in [2.05, 4.69) is 55.5 Å². The van der Waals surface area contributed by atoms with Crippen LogP contribution >= 0.6 is 11.8 Å². The molecule has 0 spiro atoms. The molecule has 0 heterocycles. The zero-order valence-electron chi connectivity index (χ0n) is 12.8. The number of aliphatic hydroxyl groups excluding tert-OH is 1. The van der Waals surface area contributed by atoms with Crippen LogP contribution in [0.4, 0.5) is 0 Å². The average molecular weight is 302 g/mol. The quantitative estimate of drug-likeness (QED) is 0.403. The molecule has 1 aromatic rings. The van der Waals surface area contributed by atoms with Crippen LogP contribution in [0.25, 0.3) is 0 Å². The Bertz CT molecular complexity index is 452. The van der Waals surface area contributed by atoms with Crippen LogP contribution in [0.15, 0.2) is 59.5 Å². The number of hydrogen-bond donors (Lipinski definition) is 1. The van der Waals surface area contributed by atoms with Gasteiger partial charge in [0.25, 0.3) is 0 Å². The third kappa shape index (κ3) is 5.37. The van der Waals surface area contributed by atoms with Crippen molar-refractivity contribution in [2.75, 3.05) is 0 Å². The Morgan fingerprint density at radius 2 is 2.10 bits per heavy atom. The normalized spacial score (nSPS) is 23.0. The number of hydrogen-bond acceptors (Lipinski definition) is 2. The number of allylic oxidation sites excluding steroid dienone is 1. The van der Waals surface area contributed by atoms with Crippen molar-refractivity contribution in [3.63, 3.8) is 0 Å². The van der Waals surface area contributed by atoms with Crippen molar-refractivity contribution in [3.8, 4) is 0 Å². The lowest BCUT2D eigenvalue weighted by Gasteiger charge is -2.22. The third-order valence-electron chi connectivity index (χ3n) is 3.88. The van der Waals surface area contributed by atoms with E-state index in [-0.39, 0.29) is 12.0 Å². The fraction of sp³-hybridized carbons (Fsp3) is 0.474. The lowest BCUT2D eigenvalue weighted by atomic mass is 10.0. The van der Waals surface area contributed by atoms with Gasteiger partial charge in [-0.05, 0) is 31.4 Å². The Labute approximate surface area is 133 Å².